The Balaban J connectivity index is 1.89. The fourth-order valence-corrected chi connectivity index (χ4v) is 2.99. The molecule has 0 fully saturated rings. The molecule has 0 saturated carbocycles. The van der Waals surface area contributed by atoms with Crippen LogP contribution in [0.15, 0.2) is 78.9 Å². The molecule has 0 saturated heterocycles. The Bertz CT molecular complexity index is 983. The molecule has 0 N–H and O–H groups in total. The maximum Gasteiger partial charge on any atom is 0.134 e. The fraction of sp³-hybridized carbons (Fsp3) is 0.0476. The highest BCUT2D eigenvalue weighted by atomic mass is 35.5. The van der Waals surface area contributed by atoms with Gasteiger partial charge in [0.2, 0.25) is 0 Å². The first-order valence-electron chi connectivity index (χ1n) is 7.85. The van der Waals surface area contributed by atoms with E-state index in [1.165, 1.54) is 5.56 Å². The van der Waals surface area contributed by atoms with E-state index in [2.05, 4.69) is 24.3 Å². The lowest BCUT2D eigenvalue weighted by atomic mass is 10.1. The van der Waals surface area contributed by atoms with E-state index in [1.54, 1.807) is 0 Å². The van der Waals surface area contributed by atoms with Crippen LogP contribution in [0.4, 0.5) is 0 Å². The van der Waals surface area contributed by atoms with Crippen molar-refractivity contribution >= 4 is 22.5 Å². The summed E-state index contributed by atoms with van der Waals surface area (Å²) in [6.45, 7) is 0. The molecule has 0 unspecified atom stereocenters. The van der Waals surface area contributed by atoms with Gasteiger partial charge in [0.25, 0.3) is 0 Å². The van der Waals surface area contributed by atoms with Gasteiger partial charge in [-0.2, -0.15) is 0 Å². The lowest BCUT2D eigenvalue weighted by Gasteiger charge is -2.09. The minimum Gasteiger partial charge on any atom is -0.233 e. The third-order valence-electron chi connectivity index (χ3n) is 3.96. The van der Waals surface area contributed by atoms with E-state index >= 15 is 0 Å². The summed E-state index contributed by atoms with van der Waals surface area (Å²) >= 11 is 6.19. The standard InChI is InChI=1S/C21H15ClN2/c22-17-11-12-19-18(14-17)21(16-9-5-2-6-10-16)24-20(23-19)13-15-7-3-1-4-8-15/h1-12,14H,13H2. The van der Waals surface area contributed by atoms with Gasteiger partial charge in [-0.15, -0.1) is 0 Å². The molecule has 2 nitrogen and oxygen atoms in total. The van der Waals surface area contributed by atoms with Gasteiger partial charge < -0.3 is 0 Å². The molecule has 0 atom stereocenters. The quantitative estimate of drug-likeness (QED) is 0.493. The second-order valence-corrected chi connectivity index (χ2v) is 6.11. The third-order valence-corrected chi connectivity index (χ3v) is 4.19. The van der Waals surface area contributed by atoms with Crippen LogP contribution in [-0.2, 0) is 6.42 Å². The van der Waals surface area contributed by atoms with Crippen molar-refractivity contribution in [2.75, 3.05) is 0 Å². The van der Waals surface area contributed by atoms with Crippen molar-refractivity contribution in [2.24, 2.45) is 0 Å². The molecule has 1 heterocycles. The Hall–Kier alpha value is -2.71. The predicted molar refractivity (Wildman–Crippen MR) is 99.2 cm³/mol. The van der Waals surface area contributed by atoms with E-state index in [1.807, 2.05) is 54.6 Å². The molecule has 0 amide bonds. The van der Waals surface area contributed by atoms with E-state index in [9.17, 15) is 0 Å². The summed E-state index contributed by atoms with van der Waals surface area (Å²) in [5.41, 5.74) is 4.11. The minimum absolute atomic E-state index is 0.694. The smallest absolute Gasteiger partial charge is 0.134 e. The van der Waals surface area contributed by atoms with Crippen molar-refractivity contribution in [3.05, 3.63) is 95.3 Å². The van der Waals surface area contributed by atoms with Crippen LogP contribution in [0.3, 0.4) is 0 Å². The zero-order valence-corrected chi connectivity index (χ0v) is 13.7. The average molecular weight is 331 g/mol. The lowest BCUT2D eigenvalue weighted by molar-refractivity contribution is 0.996. The summed E-state index contributed by atoms with van der Waals surface area (Å²) in [6, 6.07) is 26.2. The predicted octanol–water partition coefficient (Wildman–Crippen LogP) is 5.54. The molecule has 1 aromatic heterocycles. The van der Waals surface area contributed by atoms with Gasteiger partial charge in [0, 0.05) is 22.4 Å². The Morgan fingerprint density at radius 1 is 0.750 bits per heavy atom. The van der Waals surface area contributed by atoms with Crippen LogP contribution < -0.4 is 0 Å². The number of fused-ring (bicyclic) bond motifs is 1. The van der Waals surface area contributed by atoms with Gasteiger partial charge in [-0.3, -0.25) is 0 Å². The summed E-state index contributed by atoms with van der Waals surface area (Å²) in [4.78, 5) is 9.57. The van der Waals surface area contributed by atoms with E-state index < -0.39 is 0 Å². The van der Waals surface area contributed by atoms with Gasteiger partial charge in [-0.05, 0) is 23.8 Å². The molecule has 4 aromatic rings. The number of benzene rings is 3. The molecule has 24 heavy (non-hydrogen) atoms. The van der Waals surface area contributed by atoms with Crippen molar-refractivity contribution in [1.82, 2.24) is 9.97 Å². The summed E-state index contributed by atoms with van der Waals surface area (Å²) in [5, 5.41) is 1.67. The first-order chi connectivity index (χ1) is 11.8. The second kappa shape index (κ2) is 6.42. The van der Waals surface area contributed by atoms with Gasteiger partial charge in [0.15, 0.2) is 0 Å². The fourth-order valence-electron chi connectivity index (χ4n) is 2.82. The first-order valence-corrected chi connectivity index (χ1v) is 8.23. The number of rotatable bonds is 3. The molecule has 3 heteroatoms. The van der Waals surface area contributed by atoms with Crippen molar-refractivity contribution in [1.29, 1.82) is 0 Å². The number of halogens is 1. The van der Waals surface area contributed by atoms with Crippen LogP contribution in [0.5, 0.6) is 0 Å². The highest BCUT2D eigenvalue weighted by molar-refractivity contribution is 6.31. The van der Waals surface area contributed by atoms with Gasteiger partial charge in [-0.1, -0.05) is 72.3 Å². The molecular weight excluding hydrogens is 316 g/mol. The highest BCUT2D eigenvalue weighted by Crippen LogP contribution is 2.28. The molecular formula is C21H15ClN2. The molecule has 3 aromatic carbocycles. The van der Waals surface area contributed by atoms with E-state index in [4.69, 9.17) is 21.6 Å². The SMILES string of the molecule is Clc1ccc2nc(Cc3ccccc3)nc(-c3ccccc3)c2c1. The van der Waals surface area contributed by atoms with Crippen LogP contribution >= 0.6 is 11.6 Å². The molecule has 0 aliphatic rings. The Labute approximate surface area is 145 Å². The summed E-state index contributed by atoms with van der Waals surface area (Å²) < 4.78 is 0. The maximum absolute atomic E-state index is 6.19. The number of aromatic nitrogens is 2. The molecule has 0 aliphatic carbocycles. The molecule has 0 spiro atoms. The number of nitrogens with zero attached hydrogens (tertiary/aromatic N) is 2. The van der Waals surface area contributed by atoms with E-state index in [0.29, 0.717) is 11.4 Å². The lowest BCUT2D eigenvalue weighted by Crippen LogP contribution is -2.00. The van der Waals surface area contributed by atoms with Crippen LogP contribution in [0.25, 0.3) is 22.2 Å². The van der Waals surface area contributed by atoms with Crippen LogP contribution in [0.2, 0.25) is 5.02 Å². The largest absolute Gasteiger partial charge is 0.233 e. The normalized spacial score (nSPS) is 10.9. The summed E-state index contributed by atoms with van der Waals surface area (Å²) in [6.07, 6.45) is 0.708. The van der Waals surface area contributed by atoms with Crippen molar-refractivity contribution in [3.63, 3.8) is 0 Å². The van der Waals surface area contributed by atoms with Crippen molar-refractivity contribution < 1.29 is 0 Å². The topological polar surface area (TPSA) is 25.8 Å². The zero-order chi connectivity index (χ0) is 16.4. The zero-order valence-electron chi connectivity index (χ0n) is 13.0. The number of hydrogen-bond donors (Lipinski definition) is 0. The van der Waals surface area contributed by atoms with Gasteiger partial charge >= 0.3 is 0 Å². The van der Waals surface area contributed by atoms with Gasteiger partial charge in [0.1, 0.15) is 5.82 Å². The van der Waals surface area contributed by atoms with Crippen molar-refractivity contribution in [3.8, 4) is 11.3 Å². The average Bonchev–Trinajstić information content (AvgIpc) is 2.63. The Morgan fingerprint density at radius 2 is 1.46 bits per heavy atom. The Kier molecular flexibility index (Phi) is 3.97. The van der Waals surface area contributed by atoms with Gasteiger partial charge in [-0.25, -0.2) is 9.97 Å². The van der Waals surface area contributed by atoms with Gasteiger partial charge in [0.05, 0.1) is 11.2 Å². The van der Waals surface area contributed by atoms with Crippen molar-refractivity contribution in [2.45, 2.75) is 6.42 Å². The Morgan fingerprint density at radius 3 is 2.21 bits per heavy atom. The molecule has 116 valence electrons. The minimum atomic E-state index is 0.694. The molecule has 0 aliphatic heterocycles. The number of hydrogen-bond acceptors (Lipinski definition) is 2. The maximum atomic E-state index is 6.19. The van der Waals surface area contributed by atoms with Crippen LogP contribution in [-0.4, -0.2) is 9.97 Å². The highest BCUT2D eigenvalue weighted by Gasteiger charge is 2.11. The second-order valence-electron chi connectivity index (χ2n) is 5.68. The molecule has 0 bridgehead atoms. The summed E-state index contributed by atoms with van der Waals surface area (Å²) in [7, 11) is 0. The van der Waals surface area contributed by atoms with Crippen LogP contribution in [0, 0.1) is 0 Å². The molecule has 0 radical (unpaired) electrons. The van der Waals surface area contributed by atoms with Crippen LogP contribution in [0.1, 0.15) is 11.4 Å². The first kappa shape index (κ1) is 14.9. The molecule has 4 rings (SSSR count). The monoisotopic (exact) mass is 330 g/mol. The summed E-state index contributed by atoms with van der Waals surface area (Å²) in [5.74, 6) is 0.815. The third kappa shape index (κ3) is 3.01. The van der Waals surface area contributed by atoms with E-state index in [0.717, 1.165) is 28.0 Å². The van der Waals surface area contributed by atoms with E-state index in [-0.39, 0.29) is 0 Å².